The van der Waals surface area contributed by atoms with E-state index in [1.807, 2.05) is 31.2 Å². The van der Waals surface area contributed by atoms with Crippen LogP contribution < -0.4 is 0 Å². The zero-order valence-electron chi connectivity index (χ0n) is 11.6. The van der Waals surface area contributed by atoms with Crippen molar-refractivity contribution in [3.05, 3.63) is 41.5 Å². The lowest BCUT2D eigenvalue weighted by molar-refractivity contribution is -0.146. The van der Waals surface area contributed by atoms with Crippen molar-refractivity contribution < 1.29 is 23.9 Å². The predicted octanol–water partition coefficient (Wildman–Crippen LogP) is 1.53. The molecule has 0 saturated carbocycles. The maximum atomic E-state index is 11.6. The highest BCUT2D eigenvalue weighted by Crippen LogP contribution is 2.06. The first-order valence-electron chi connectivity index (χ1n) is 6.45. The molecule has 1 aliphatic rings. The van der Waals surface area contributed by atoms with Crippen molar-refractivity contribution >= 4 is 24.0 Å². The number of ether oxygens (including phenoxy) is 2. The van der Waals surface area contributed by atoms with E-state index in [0.717, 1.165) is 16.0 Å². The third kappa shape index (κ3) is 4.17. The number of hydrogen-bond donors (Lipinski definition) is 0. The highest BCUT2D eigenvalue weighted by Gasteiger charge is 2.28. The first-order valence-corrected chi connectivity index (χ1v) is 6.45. The number of rotatable bonds is 4. The second-order valence-corrected chi connectivity index (χ2v) is 4.51. The maximum absolute atomic E-state index is 11.6. The molecule has 0 radical (unpaired) electrons. The Balaban J connectivity index is 1.82. The number of cyclic esters (lactones) is 1. The summed E-state index contributed by atoms with van der Waals surface area (Å²) in [4.78, 5) is 35.2. The number of aryl methyl sites for hydroxylation is 1. The van der Waals surface area contributed by atoms with E-state index in [1.165, 1.54) is 6.08 Å². The van der Waals surface area contributed by atoms with Gasteiger partial charge in [-0.3, -0.25) is 4.79 Å². The Kier molecular flexibility index (Phi) is 4.71. The van der Waals surface area contributed by atoms with E-state index in [0.29, 0.717) is 0 Å². The van der Waals surface area contributed by atoms with Gasteiger partial charge in [0, 0.05) is 6.08 Å². The normalized spacial score (nSPS) is 14.3. The molecule has 0 atom stereocenters. The highest BCUT2D eigenvalue weighted by molar-refractivity contribution is 5.95. The summed E-state index contributed by atoms with van der Waals surface area (Å²) >= 11 is 0. The second kappa shape index (κ2) is 6.69. The summed E-state index contributed by atoms with van der Waals surface area (Å²) in [5, 5.41) is 0. The number of benzene rings is 1. The van der Waals surface area contributed by atoms with Gasteiger partial charge in [-0.1, -0.05) is 29.8 Å². The lowest BCUT2D eigenvalue weighted by Gasteiger charge is -2.09. The molecule has 2 amide bonds. The summed E-state index contributed by atoms with van der Waals surface area (Å²) in [6.45, 7) is 1.83. The monoisotopic (exact) mass is 289 g/mol. The molecule has 0 unspecified atom stereocenters. The molecular weight excluding hydrogens is 274 g/mol. The van der Waals surface area contributed by atoms with Gasteiger partial charge >= 0.3 is 12.1 Å². The van der Waals surface area contributed by atoms with Crippen molar-refractivity contribution in [3.63, 3.8) is 0 Å². The van der Waals surface area contributed by atoms with Gasteiger partial charge in [-0.2, -0.15) is 0 Å². The van der Waals surface area contributed by atoms with Crippen LogP contribution >= 0.6 is 0 Å². The Morgan fingerprint density at radius 1 is 1.43 bits per heavy atom. The largest absolute Gasteiger partial charge is 0.452 e. The third-order valence-electron chi connectivity index (χ3n) is 2.85. The lowest BCUT2D eigenvalue weighted by Crippen LogP contribution is -2.35. The van der Waals surface area contributed by atoms with Crippen LogP contribution in [0.2, 0.25) is 0 Å². The molecule has 21 heavy (non-hydrogen) atoms. The van der Waals surface area contributed by atoms with Gasteiger partial charge in [0.15, 0.2) is 6.61 Å². The fourth-order valence-electron chi connectivity index (χ4n) is 1.82. The molecular formula is C15H15NO5. The van der Waals surface area contributed by atoms with Crippen molar-refractivity contribution in [2.24, 2.45) is 0 Å². The van der Waals surface area contributed by atoms with Crippen LogP contribution in [0.15, 0.2) is 30.3 Å². The van der Waals surface area contributed by atoms with E-state index < -0.39 is 24.6 Å². The Morgan fingerprint density at radius 2 is 2.24 bits per heavy atom. The number of imide groups is 1. The summed E-state index contributed by atoms with van der Waals surface area (Å²) in [6.07, 6.45) is 2.14. The van der Waals surface area contributed by atoms with E-state index in [4.69, 9.17) is 4.74 Å². The number of nitrogens with zero attached hydrogens (tertiary/aromatic N) is 1. The predicted molar refractivity (Wildman–Crippen MR) is 74.2 cm³/mol. The molecule has 0 spiro atoms. The van der Waals surface area contributed by atoms with Crippen LogP contribution in [0.25, 0.3) is 6.08 Å². The Hall–Kier alpha value is -2.63. The molecule has 0 bridgehead atoms. The molecule has 6 heteroatoms. The summed E-state index contributed by atoms with van der Waals surface area (Å²) < 4.78 is 9.41. The van der Waals surface area contributed by atoms with E-state index in [-0.39, 0.29) is 13.2 Å². The molecule has 2 rings (SSSR count). The minimum absolute atomic E-state index is 0.172. The van der Waals surface area contributed by atoms with E-state index in [9.17, 15) is 14.4 Å². The van der Waals surface area contributed by atoms with Gasteiger partial charge in [-0.25, -0.2) is 14.5 Å². The quantitative estimate of drug-likeness (QED) is 0.621. The zero-order chi connectivity index (χ0) is 15.2. The molecule has 1 heterocycles. The molecule has 1 fully saturated rings. The van der Waals surface area contributed by atoms with Crippen LogP contribution in [-0.4, -0.2) is 42.6 Å². The van der Waals surface area contributed by atoms with Crippen molar-refractivity contribution in [2.75, 3.05) is 19.8 Å². The van der Waals surface area contributed by atoms with Crippen molar-refractivity contribution in [3.8, 4) is 0 Å². The van der Waals surface area contributed by atoms with Gasteiger partial charge in [0.05, 0.1) is 6.54 Å². The minimum Gasteiger partial charge on any atom is -0.452 e. The van der Waals surface area contributed by atoms with E-state index >= 15 is 0 Å². The van der Waals surface area contributed by atoms with E-state index in [2.05, 4.69) is 4.74 Å². The van der Waals surface area contributed by atoms with Crippen molar-refractivity contribution in [1.82, 2.24) is 4.90 Å². The lowest BCUT2D eigenvalue weighted by atomic mass is 10.1. The minimum atomic E-state index is -0.702. The number of esters is 1. The Bertz CT molecular complexity index is 593. The standard InChI is InChI=1S/C15H15NO5/c1-11-3-2-4-12(9-11)5-6-14(18)21-10-13(17)16-7-8-20-15(16)19/h2-6,9H,7-8,10H2,1H3/b6-5+. The smallest absolute Gasteiger partial charge is 0.416 e. The average molecular weight is 289 g/mol. The third-order valence-corrected chi connectivity index (χ3v) is 2.85. The number of hydrogen-bond acceptors (Lipinski definition) is 5. The van der Waals surface area contributed by atoms with Crippen LogP contribution in [0.5, 0.6) is 0 Å². The first-order chi connectivity index (χ1) is 10.1. The van der Waals surface area contributed by atoms with Gasteiger partial charge < -0.3 is 9.47 Å². The molecule has 1 aliphatic heterocycles. The van der Waals surface area contributed by atoms with Gasteiger partial charge in [-0.15, -0.1) is 0 Å². The van der Waals surface area contributed by atoms with E-state index in [1.54, 1.807) is 6.08 Å². The van der Waals surface area contributed by atoms with Crippen LogP contribution in [0, 0.1) is 6.92 Å². The molecule has 0 N–H and O–H groups in total. The van der Waals surface area contributed by atoms with Crippen LogP contribution in [0.4, 0.5) is 4.79 Å². The average Bonchev–Trinajstić information content (AvgIpc) is 2.89. The Labute approximate surface area is 121 Å². The van der Waals surface area contributed by atoms with Gasteiger partial charge in [0.1, 0.15) is 6.61 Å². The number of amides is 2. The molecule has 1 aromatic rings. The molecule has 0 aliphatic carbocycles. The first kappa shape index (κ1) is 14.8. The van der Waals surface area contributed by atoms with Crippen molar-refractivity contribution in [1.29, 1.82) is 0 Å². The molecule has 1 saturated heterocycles. The molecule has 1 aromatic carbocycles. The van der Waals surface area contributed by atoms with Crippen LogP contribution in [-0.2, 0) is 19.1 Å². The number of carbonyl (C=O) groups excluding carboxylic acids is 3. The molecule has 0 aromatic heterocycles. The summed E-state index contributed by atoms with van der Waals surface area (Å²) in [5.74, 6) is -1.23. The van der Waals surface area contributed by atoms with Crippen molar-refractivity contribution in [2.45, 2.75) is 6.92 Å². The molecule has 6 nitrogen and oxygen atoms in total. The SMILES string of the molecule is Cc1cccc(/C=C/C(=O)OCC(=O)N2CCOC2=O)c1. The summed E-state index contributed by atoms with van der Waals surface area (Å²) in [7, 11) is 0. The van der Waals surface area contributed by atoms with Gasteiger partial charge in [0.2, 0.25) is 0 Å². The maximum Gasteiger partial charge on any atom is 0.416 e. The second-order valence-electron chi connectivity index (χ2n) is 4.51. The highest BCUT2D eigenvalue weighted by atomic mass is 16.6. The summed E-state index contributed by atoms with van der Waals surface area (Å²) in [5.41, 5.74) is 1.94. The van der Waals surface area contributed by atoms with Gasteiger partial charge in [-0.05, 0) is 18.6 Å². The fraction of sp³-hybridized carbons (Fsp3) is 0.267. The van der Waals surface area contributed by atoms with Crippen LogP contribution in [0.1, 0.15) is 11.1 Å². The molecule has 110 valence electrons. The number of carbonyl (C=O) groups is 3. The fourth-order valence-corrected chi connectivity index (χ4v) is 1.82. The summed E-state index contributed by atoms with van der Waals surface area (Å²) in [6, 6.07) is 7.59. The zero-order valence-corrected chi connectivity index (χ0v) is 11.6. The van der Waals surface area contributed by atoms with Gasteiger partial charge in [0.25, 0.3) is 5.91 Å². The van der Waals surface area contributed by atoms with Crippen LogP contribution in [0.3, 0.4) is 0 Å². The Morgan fingerprint density at radius 3 is 2.90 bits per heavy atom. The topological polar surface area (TPSA) is 72.9 Å².